The molecule has 29 heavy (non-hydrogen) atoms. The maximum atomic E-state index is 12.4. The summed E-state index contributed by atoms with van der Waals surface area (Å²) in [5.41, 5.74) is 2.80. The van der Waals surface area contributed by atoms with Gasteiger partial charge in [0.1, 0.15) is 0 Å². The fourth-order valence-corrected chi connectivity index (χ4v) is 3.37. The third-order valence-electron chi connectivity index (χ3n) is 4.78. The number of carbonyl (C=O) groups is 2. The van der Waals surface area contributed by atoms with E-state index in [0.717, 1.165) is 16.8 Å². The lowest BCUT2D eigenvalue weighted by Crippen LogP contribution is -2.24. The van der Waals surface area contributed by atoms with E-state index in [4.69, 9.17) is 16.0 Å². The molecule has 0 saturated carbocycles. The van der Waals surface area contributed by atoms with Crippen LogP contribution in [0.5, 0.6) is 0 Å². The summed E-state index contributed by atoms with van der Waals surface area (Å²) in [6.45, 7) is 2.46. The van der Waals surface area contributed by atoms with Gasteiger partial charge in [-0.15, -0.1) is 5.10 Å². The summed E-state index contributed by atoms with van der Waals surface area (Å²) in [5, 5.41) is 11.1. The highest BCUT2D eigenvalue weighted by molar-refractivity contribution is 6.30. The summed E-state index contributed by atoms with van der Waals surface area (Å²) in [7, 11) is 0. The Morgan fingerprint density at radius 3 is 2.62 bits per heavy atom. The first-order chi connectivity index (χ1) is 14.0. The van der Waals surface area contributed by atoms with Crippen molar-refractivity contribution in [3.8, 4) is 0 Å². The highest BCUT2D eigenvalue weighted by atomic mass is 35.5. The van der Waals surface area contributed by atoms with E-state index in [1.165, 1.54) is 0 Å². The Morgan fingerprint density at radius 2 is 1.90 bits per heavy atom. The molecular formula is C21H19ClN4O3. The number of anilines is 2. The van der Waals surface area contributed by atoms with Crippen molar-refractivity contribution in [2.75, 3.05) is 16.8 Å². The van der Waals surface area contributed by atoms with Crippen molar-refractivity contribution < 1.29 is 14.0 Å². The van der Waals surface area contributed by atoms with Crippen molar-refractivity contribution >= 4 is 35.1 Å². The van der Waals surface area contributed by atoms with Crippen molar-refractivity contribution in [2.24, 2.45) is 0 Å². The van der Waals surface area contributed by atoms with Crippen molar-refractivity contribution in [1.29, 1.82) is 0 Å². The summed E-state index contributed by atoms with van der Waals surface area (Å²) in [4.78, 5) is 26.3. The molecule has 0 bridgehead atoms. The highest BCUT2D eigenvalue weighted by Gasteiger charge is 2.35. The van der Waals surface area contributed by atoms with Crippen molar-refractivity contribution in [2.45, 2.75) is 25.7 Å². The lowest BCUT2D eigenvalue weighted by atomic mass is 10.1. The van der Waals surface area contributed by atoms with Crippen LogP contribution in [0.1, 0.15) is 29.4 Å². The molecule has 1 saturated heterocycles. The number of nitrogens with one attached hydrogen (secondary N) is 1. The Labute approximate surface area is 172 Å². The Morgan fingerprint density at radius 1 is 1.17 bits per heavy atom. The molecular weight excluding hydrogens is 392 g/mol. The van der Waals surface area contributed by atoms with E-state index in [1.54, 1.807) is 29.2 Å². The molecule has 2 amide bonds. The van der Waals surface area contributed by atoms with E-state index in [9.17, 15) is 9.59 Å². The zero-order valence-electron chi connectivity index (χ0n) is 15.8. The number of aryl methyl sites for hydroxylation is 1. The fourth-order valence-electron chi connectivity index (χ4n) is 3.25. The molecule has 1 aliphatic heterocycles. The number of nitrogens with zero attached hydrogens (tertiary/aromatic N) is 3. The molecule has 0 unspecified atom stereocenters. The first-order valence-corrected chi connectivity index (χ1v) is 9.60. The topological polar surface area (TPSA) is 88.3 Å². The van der Waals surface area contributed by atoms with Crippen LogP contribution in [-0.4, -0.2) is 28.6 Å². The first-order valence-electron chi connectivity index (χ1n) is 9.22. The van der Waals surface area contributed by atoms with E-state index in [1.807, 2.05) is 31.2 Å². The van der Waals surface area contributed by atoms with Crippen LogP contribution in [0.3, 0.4) is 0 Å². The number of halogens is 1. The summed E-state index contributed by atoms with van der Waals surface area (Å²) in [6.07, 6.45) is 0.451. The number of benzene rings is 2. The predicted octanol–water partition coefficient (Wildman–Crippen LogP) is 3.73. The third kappa shape index (κ3) is 4.46. The molecule has 0 radical (unpaired) electrons. The monoisotopic (exact) mass is 410 g/mol. The number of aromatic nitrogens is 2. The first kappa shape index (κ1) is 19.1. The zero-order valence-corrected chi connectivity index (χ0v) is 16.5. The van der Waals surface area contributed by atoms with Gasteiger partial charge < -0.3 is 9.32 Å². The molecule has 4 rings (SSSR count). The van der Waals surface area contributed by atoms with Crippen molar-refractivity contribution in [3.05, 3.63) is 70.6 Å². The Hall–Kier alpha value is -3.19. The minimum atomic E-state index is -0.272. The molecule has 148 valence electrons. The van der Waals surface area contributed by atoms with E-state index in [-0.39, 0.29) is 36.6 Å². The minimum absolute atomic E-state index is 0.00498. The lowest BCUT2D eigenvalue weighted by molar-refractivity contribution is -0.117. The highest BCUT2D eigenvalue weighted by Crippen LogP contribution is 2.31. The number of amides is 2. The van der Waals surface area contributed by atoms with Gasteiger partial charge in [0, 0.05) is 23.7 Å². The van der Waals surface area contributed by atoms with Gasteiger partial charge in [-0.2, -0.15) is 0 Å². The molecule has 1 atom stereocenters. The van der Waals surface area contributed by atoms with Crippen LogP contribution in [0, 0.1) is 6.92 Å². The third-order valence-corrected chi connectivity index (χ3v) is 5.04. The van der Waals surface area contributed by atoms with E-state index >= 15 is 0 Å². The molecule has 1 N–H and O–H groups in total. The standard InChI is InChI=1S/C21H19ClN4O3/c1-13-2-8-17(9-3-13)26-12-15(11-19(26)28)20-24-25-21(29-20)23-18(27)10-14-4-6-16(22)7-5-14/h2-9,15H,10-12H2,1H3,(H,23,25,27)/t15-/m0/s1. The maximum Gasteiger partial charge on any atom is 0.322 e. The zero-order chi connectivity index (χ0) is 20.4. The molecule has 2 heterocycles. The molecule has 1 aliphatic rings. The Balaban J connectivity index is 1.38. The second-order valence-corrected chi connectivity index (χ2v) is 7.47. The van der Waals surface area contributed by atoms with Crippen LogP contribution in [0.4, 0.5) is 11.7 Å². The van der Waals surface area contributed by atoms with Gasteiger partial charge in [-0.3, -0.25) is 14.9 Å². The molecule has 3 aromatic rings. The van der Waals surface area contributed by atoms with Crippen LogP contribution in [0.15, 0.2) is 52.9 Å². The second-order valence-electron chi connectivity index (χ2n) is 7.04. The fraction of sp³-hybridized carbons (Fsp3) is 0.238. The quantitative estimate of drug-likeness (QED) is 0.692. The van der Waals surface area contributed by atoms with Crippen LogP contribution >= 0.6 is 11.6 Å². The molecule has 7 nitrogen and oxygen atoms in total. The van der Waals surface area contributed by atoms with Gasteiger partial charge in [0.2, 0.25) is 17.7 Å². The normalized spacial score (nSPS) is 16.3. The van der Waals surface area contributed by atoms with E-state index < -0.39 is 0 Å². The van der Waals surface area contributed by atoms with Crippen LogP contribution in [0.25, 0.3) is 0 Å². The molecule has 1 aromatic heterocycles. The number of hydrogen-bond acceptors (Lipinski definition) is 5. The van der Waals surface area contributed by atoms with Crippen molar-refractivity contribution in [3.63, 3.8) is 0 Å². The maximum absolute atomic E-state index is 12.4. The van der Waals surface area contributed by atoms with Crippen molar-refractivity contribution in [1.82, 2.24) is 10.2 Å². The molecule has 8 heteroatoms. The van der Waals surface area contributed by atoms with Crippen LogP contribution in [-0.2, 0) is 16.0 Å². The molecule has 1 fully saturated rings. The SMILES string of the molecule is Cc1ccc(N2C[C@@H](c3nnc(NC(=O)Cc4ccc(Cl)cc4)o3)CC2=O)cc1. The van der Waals surface area contributed by atoms with Crippen LogP contribution in [0.2, 0.25) is 5.02 Å². The summed E-state index contributed by atoms with van der Waals surface area (Å²) in [5.74, 6) is -0.135. The summed E-state index contributed by atoms with van der Waals surface area (Å²) < 4.78 is 5.59. The summed E-state index contributed by atoms with van der Waals surface area (Å²) in [6, 6.07) is 14.8. The number of carbonyl (C=O) groups excluding carboxylic acids is 2. The predicted molar refractivity (Wildman–Crippen MR) is 109 cm³/mol. The lowest BCUT2D eigenvalue weighted by Gasteiger charge is -2.16. The number of rotatable bonds is 5. The van der Waals surface area contributed by atoms with Gasteiger partial charge in [-0.05, 0) is 36.8 Å². The summed E-state index contributed by atoms with van der Waals surface area (Å²) >= 11 is 5.85. The smallest absolute Gasteiger partial charge is 0.322 e. The van der Waals surface area contributed by atoms with Crippen LogP contribution < -0.4 is 10.2 Å². The minimum Gasteiger partial charge on any atom is -0.407 e. The Kier molecular flexibility index (Phi) is 5.31. The largest absolute Gasteiger partial charge is 0.407 e. The molecule has 2 aromatic carbocycles. The van der Waals surface area contributed by atoms with E-state index in [0.29, 0.717) is 17.5 Å². The second kappa shape index (κ2) is 8.05. The molecule has 0 spiro atoms. The number of hydrogen-bond donors (Lipinski definition) is 1. The molecule has 0 aliphatic carbocycles. The van der Waals surface area contributed by atoms with Gasteiger partial charge >= 0.3 is 6.01 Å². The van der Waals surface area contributed by atoms with Gasteiger partial charge in [-0.1, -0.05) is 46.5 Å². The average molecular weight is 411 g/mol. The van der Waals surface area contributed by atoms with Gasteiger partial charge in [0.25, 0.3) is 0 Å². The van der Waals surface area contributed by atoms with E-state index in [2.05, 4.69) is 15.5 Å². The Bertz CT molecular complexity index is 1030. The van der Waals surface area contributed by atoms with Gasteiger partial charge in [-0.25, -0.2) is 0 Å². The average Bonchev–Trinajstić information content (AvgIpc) is 3.31. The van der Waals surface area contributed by atoms with Gasteiger partial charge in [0.05, 0.1) is 12.3 Å². The van der Waals surface area contributed by atoms with Gasteiger partial charge in [0.15, 0.2) is 0 Å².